The van der Waals surface area contributed by atoms with Gasteiger partial charge in [-0.2, -0.15) is 0 Å². The van der Waals surface area contributed by atoms with Crippen molar-refractivity contribution in [2.24, 2.45) is 0 Å². The van der Waals surface area contributed by atoms with Gasteiger partial charge in [-0.15, -0.1) is 0 Å². The molecule has 0 amide bonds. The highest BCUT2D eigenvalue weighted by Crippen LogP contribution is 2.31. The second-order valence-corrected chi connectivity index (χ2v) is 8.83. The molecule has 1 saturated heterocycles. The van der Waals surface area contributed by atoms with Gasteiger partial charge in [-0.05, 0) is 42.4 Å². The summed E-state index contributed by atoms with van der Waals surface area (Å²) in [4.78, 5) is 37.9. The fraction of sp³-hybridized carbons (Fsp3) is 0.417. The zero-order chi connectivity index (χ0) is 22.6. The van der Waals surface area contributed by atoms with Gasteiger partial charge in [0.1, 0.15) is 5.69 Å². The average Bonchev–Trinajstić information content (AvgIpc) is 2.76. The van der Waals surface area contributed by atoms with Gasteiger partial charge in [0.2, 0.25) is 0 Å². The molecule has 1 aliphatic heterocycles. The number of hydrogen-bond donors (Lipinski definition) is 0. The van der Waals surface area contributed by atoms with Gasteiger partial charge in [-0.25, -0.2) is 4.79 Å². The summed E-state index contributed by atoms with van der Waals surface area (Å²) >= 11 is 0. The highest BCUT2D eigenvalue weighted by molar-refractivity contribution is 5.99. The summed E-state index contributed by atoms with van der Waals surface area (Å²) in [6, 6.07) is 11.5. The van der Waals surface area contributed by atoms with Gasteiger partial charge in [0.15, 0.2) is 12.4 Å². The Morgan fingerprint density at radius 1 is 1.00 bits per heavy atom. The standard InChI is InChI=1S/C24H28N2O5/c1-24(2,3)19-10-7-17(8-11-19)22(27)16-31-23(28)18-9-12-20(21(15-18)26(29)30)25-13-5-4-6-14-25/h7-12,15H,4-6,13-14,16H2,1-3H3. The number of hydrogen-bond acceptors (Lipinski definition) is 6. The van der Waals surface area contributed by atoms with Crippen molar-refractivity contribution in [1.82, 2.24) is 0 Å². The van der Waals surface area contributed by atoms with E-state index in [4.69, 9.17) is 4.74 Å². The molecule has 3 rings (SSSR count). The third-order valence-corrected chi connectivity index (χ3v) is 5.51. The van der Waals surface area contributed by atoms with Crippen LogP contribution in [0.15, 0.2) is 42.5 Å². The van der Waals surface area contributed by atoms with Gasteiger partial charge < -0.3 is 9.64 Å². The Morgan fingerprint density at radius 3 is 2.19 bits per heavy atom. The van der Waals surface area contributed by atoms with E-state index in [9.17, 15) is 19.7 Å². The van der Waals surface area contributed by atoms with Crippen molar-refractivity contribution in [3.8, 4) is 0 Å². The molecular weight excluding hydrogens is 396 g/mol. The molecule has 1 aliphatic rings. The number of carbonyl (C=O) groups excluding carboxylic acids is 2. The van der Waals surface area contributed by atoms with E-state index in [0.29, 0.717) is 11.3 Å². The Bertz CT molecular complexity index is 970. The number of carbonyl (C=O) groups is 2. The van der Waals surface area contributed by atoms with E-state index >= 15 is 0 Å². The molecule has 7 nitrogen and oxygen atoms in total. The molecule has 2 aromatic carbocycles. The molecule has 1 fully saturated rings. The van der Waals surface area contributed by atoms with E-state index in [1.807, 2.05) is 17.0 Å². The smallest absolute Gasteiger partial charge is 0.338 e. The van der Waals surface area contributed by atoms with E-state index in [1.165, 1.54) is 12.1 Å². The van der Waals surface area contributed by atoms with Crippen molar-refractivity contribution >= 4 is 23.1 Å². The molecule has 0 atom stereocenters. The third kappa shape index (κ3) is 5.48. The monoisotopic (exact) mass is 424 g/mol. The largest absolute Gasteiger partial charge is 0.454 e. The van der Waals surface area contributed by atoms with E-state index in [1.54, 1.807) is 18.2 Å². The van der Waals surface area contributed by atoms with Crippen molar-refractivity contribution in [3.05, 3.63) is 69.3 Å². The average molecular weight is 424 g/mol. The molecule has 0 bridgehead atoms. The summed E-state index contributed by atoms with van der Waals surface area (Å²) in [5.41, 5.74) is 1.97. The predicted molar refractivity (Wildman–Crippen MR) is 119 cm³/mol. The number of rotatable bonds is 6. The zero-order valence-electron chi connectivity index (χ0n) is 18.2. The molecule has 1 heterocycles. The fourth-order valence-electron chi connectivity index (χ4n) is 3.65. The van der Waals surface area contributed by atoms with Gasteiger partial charge in [-0.3, -0.25) is 14.9 Å². The molecule has 0 N–H and O–H groups in total. The lowest BCUT2D eigenvalue weighted by Gasteiger charge is -2.28. The Hall–Kier alpha value is -3.22. The molecule has 2 aromatic rings. The molecule has 164 valence electrons. The fourth-order valence-corrected chi connectivity index (χ4v) is 3.65. The van der Waals surface area contributed by atoms with Crippen molar-refractivity contribution in [3.63, 3.8) is 0 Å². The summed E-state index contributed by atoms with van der Waals surface area (Å²) in [5.74, 6) is -1.08. The minimum absolute atomic E-state index is 0.0247. The van der Waals surface area contributed by atoms with Gasteiger partial charge in [0.25, 0.3) is 5.69 Å². The van der Waals surface area contributed by atoms with Crippen LogP contribution in [0.4, 0.5) is 11.4 Å². The molecule has 0 aromatic heterocycles. The van der Waals surface area contributed by atoms with Crippen LogP contribution in [0.25, 0.3) is 0 Å². The van der Waals surface area contributed by atoms with Gasteiger partial charge in [0.05, 0.1) is 10.5 Å². The Labute approximate surface area is 182 Å². The first kappa shape index (κ1) is 22.5. The lowest BCUT2D eigenvalue weighted by atomic mass is 9.86. The molecule has 0 radical (unpaired) electrons. The second-order valence-electron chi connectivity index (χ2n) is 8.83. The summed E-state index contributed by atoms with van der Waals surface area (Å²) < 4.78 is 5.14. The molecule has 31 heavy (non-hydrogen) atoms. The maximum Gasteiger partial charge on any atom is 0.338 e. The van der Waals surface area contributed by atoms with E-state index in [2.05, 4.69) is 20.8 Å². The number of nitrogens with zero attached hydrogens (tertiary/aromatic N) is 2. The summed E-state index contributed by atoms with van der Waals surface area (Å²) in [6.07, 6.45) is 3.08. The molecule has 7 heteroatoms. The Balaban J connectivity index is 1.68. The Morgan fingerprint density at radius 2 is 1.61 bits per heavy atom. The maximum absolute atomic E-state index is 12.4. The van der Waals surface area contributed by atoms with Crippen LogP contribution >= 0.6 is 0 Å². The van der Waals surface area contributed by atoms with Crippen molar-refractivity contribution in [2.75, 3.05) is 24.6 Å². The van der Waals surface area contributed by atoms with Crippen LogP contribution in [0.5, 0.6) is 0 Å². The number of esters is 1. The SMILES string of the molecule is CC(C)(C)c1ccc(C(=O)COC(=O)c2ccc(N3CCCCC3)c([N+](=O)[O-])c2)cc1. The van der Waals surface area contributed by atoms with Crippen LogP contribution in [0, 0.1) is 10.1 Å². The first-order valence-electron chi connectivity index (χ1n) is 10.5. The number of Topliss-reactive ketones (excluding diaryl/α,β-unsaturated/α-hetero) is 1. The lowest BCUT2D eigenvalue weighted by Crippen LogP contribution is -2.30. The molecule has 0 aliphatic carbocycles. The number of ketones is 1. The summed E-state index contributed by atoms with van der Waals surface area (Å²) in [5, 5.41) is 11.6. The molecular formula is C24H28N2O5. The van der Waals surface area contributed by atoms with Crippen molar-refractivity contribution < 1.29 is 19.2 Å². The third-order valence-electron chi connectivity index (χ3n) is 5.51. The Kier molecular flexibility index (Phi) is 6.73. The van der Waals surface area contributed by atoms with Crippen LogP contribution in [0.3, 0.4) is 0 Å². The van der Waals surface area contributed by atoms with Crippen molar-refractivity contribution in [2.45, 2.75) is 45.4 Å². The highest BCUT2D eigenvalue weighted by atomic mass is 16.6. The topological polar surface area (TPSA) is 89.8 Å². The number of nitro benzene ring substituents is 1. The maximum atomic E-state index is 12.4. The molecule has 0 unspecified atom stereocenters. The quantitative estimate of drug-likeness (QED) is 0.283. The normalized spacial score (nSPS) is 14.2. The predicted octanol–water partition coefficient (Wildman–Crippen LogP) is 4.92. The van der Waals surface area contributed by atoms with Crippen LogP contribution in [0.1, 0.15) is 66.3 Å². The van der Waals surface area contributed by atoms with Gasteiger partial charge in [0, 0.05) is 24.7 Å². The first-order valence-corrected chi connectivity index (χ1v) is 10.5. The van der Waals surface area contributed by atoms with Crippen LogP contribution < -0.4 is 4.90 Å². The number of anilines is 1. The minimum atomic E-state index is -0.757. The number of nitro groups is 1. The van der Waals surface area contributed by atoms with E-state index in [-0.39, 0.29) is 22.4 Å². The first-order chi connectivity index (χ1) is 14.7. The second kappa shape index (κ2) is 9.29. The van der Waals surface area contributed by atoms with Gasteiger partial charge >= 0.3 is 5.97 Å². The minimum Gasteiger partial charge on any atom is -0.454 e. The summed E-state index contributed by atoms with van der Waals surface area (Å²) in [7, 11) is 0. The van der Waals surface area contributed by atoms with Gasteiger partial charge in [-0.1, -0.05) is 45.0 Å². The van der Waals surface area contributed by atoms with Crippen LogP contribution in [0.2, 0.25) is 0 Å². The number of benzene rings is 2. The van der Waals surface area contributed by atoms with E-state index < -0.39 is 17.5 Å². The van der Waals surface area contributed by atoms with E-state index in [0.717, 1.165) is 37.9 Å². The van der Waals surface area contributed by atoms with Crippen molar-refractivity contribution in [1.29, 1.82) is 0 Å². The molecule has 0 saturated carbocycles. The lowest BCUT2D eigenvalue weighted by molar-refractivity contribution is -0.384. The van der Waals surface area contributed by atoms with Crippen LogP contribution in [-0.2, 0) is 10.2 Å². The molecule has 0 spiro atoms. The van der Waals surface area contributed by atoms with Crippen LogP contribution in [-0.4, -0.2) is 36.4 Å². The highest BCUT2D eigenvalue weighted by Gasteiger charge is 2.24. The summed E-state index contributed by atoms with van der Waals surface area (Å²) in [6.45, 7) is 7.35. The number of ether oxygens (including phenoxy) is 1. The zero-order valence-corrected chi connectivity index (χ0v) is 18.2. The number of piperidine rings is 1.